The van der Waals surface area contributed by atoms with Crippen LogP contribution in [0.2, 0.25) is 0 Å². The second kappa shape index (κ2) is 6.78. The Bertz CT molecular complexity index is 1040. The molecule has 3 aromatic rings. The molecule has 0 radical (unpaired) electrons. The van der Waals surface area contributed by atoms with Gasteiger partial charge in [0, 0.05) is 28.5 Å². The van der Waals surface area contributed by atoms with E-state index in [9.17, 15) is 9.90 Å². The van der Waals surface area contributed by atoms with Gasteiger partial charge in [0.2, 0.25) is 0 Å². The molecule has 1 N–H and O–H groups in total. The second-order valence-electron chi connectivity index (χ2n) is 7.38. The van der Waals surface area contributed by atoms with Gasteiger partial charge in [-0.3, -0.25) is 0 Å². The number of fused-ring (bicyclic) bond motifs is 1. The van der Waals surface area contributed by atoms with Crippen LogP contribution in [-0.2, 0) is 9.47 Å². The minimum atomic E-state index is -0.716. The third kappa shape index (κ3) is 3.40. The first-order valence-corrected chi connectivity index (χ1v) is 9.43. The second-order valence-corrected chi connectivity index (χ2v) is 8.23. The minimum Gasteiger partial charge on any atom is -0.507 e. The maximum Gasteiger partial charge on any atom is 0.336 e. The van der Waals surface area contributed by atoms with E-state index in [1.165, 1.54) is 12.1 Å². The summed E-state index contributed by atoms with van der Waals surface area (Å²) in [6.45, 7) is 4.65. The molecule has 6 heteroatoms. The topological polar surface area (TPSA) is 68.9 Å². The molecule has 4 rings (SSSR count). The zero-order chi connectivity index (χ0) is 19.2. The molecular formula is C21H19BrO5. The van der Waals surface area contributed by atoms with Crippen LogP contribution in [0.25, 0.3) is 11.0 Å². The fourth-order valence-electron chi connectivity index (χ4n) is 3.42. The molecule has 2 aromatic carbocycles. The van der Waals surface area contributed by atoms with Gasteiger partial charge in [-0.1, -0.05) is 44.2 Å². The molecule has 0 spiro atoms. The molecule has 1 saturated heterocycles. The molecule has 2 heterocycles. The minimum absolute atomic E-state index is 0.00317. The first kappa shape index (κ1) is 18.2. The largest absolute Gasteiger partial charge is 0.507 e. The Morgan fingerprint density at radius 3 is 2.63 bits per heavy atom. The third-order valence-electron chi connectivity index (χ3n) is 4.78. The molecule has 0 amide bonds. The zero-order valence-corrected chi connectivity index (χ0v) is 16.5. The number of phenolic OH excluding ortho intramolecular Hbond substituents is 1. The van der Waals surface area contributed by atoms with Crippen LogP contribution in [0, 0.1) is 5.41 Å². The summed E-state index contributed by atoms with van der Waals surface area (Å²) in [5, 5.41) is 10.5. The van der Waals surface area contributed by atoms with Crippen LogP contribution in [0.5, 0.6) is 5.75 Å². The Kier molecular flexibility index (Phi) is 4.58. The molecule has 5 nitrogen and oxygen atoms in total. The van der Waals surface area contributed by atoms with Crippen molar-refractivity contribution in [2.75, 3.05) is 6.61 Å². The van der Waals surface area contributed by atoms with Gasteiger partial charge >= 0.3 is 5.63 Å². The average Bonchev–Trinajstić information content (AvgIpc) is 2.63. The lowest BCUT2D eigenvalue weighted by Gasteiger charge is -2.42. The Balaban J connectivity index is 1.80. The van der Waals surface area contributed by atoms with Crippen LogP contribution >= 0.6 is 15.9 Å². The fraction of sp³-hybridized carbons (Fsp3) is 0.286. The van der Waals surface area contributed by atoms with Crippen molar-refractivity contribution >= 4 is 26.9 Å². The number of hydrogen-bond donors (Lipinski definition) is 1. The number of rotatable bonds is 2. The van der Waals surface area contributed by atoms with Gasteiger partial charge in [-0.15, -0.1) is 0 Å². The summed E-state index contributed by atoms with van der Waals surface area (Å²) in [7, 11) is 0. The molecular weight excluding hydrogens is 412 g/mol. The van der Waals surface area contributed by atoms with Gasteiger partial charge in [0.15, 0.2) is 6.29 Å². The van der Waals surface area contributed by atoms with Crippen LogP contribution in [0.1, 0.15) is 37.4 Å². The number of benzene rings is 2. The van der Waals surface area contributed by atoms with Crippen LogP contribution in [0.4, 0.5) is 0 Å². The van der Waals surface area contributed by atoms with Crippen molar-refractivity contribution in [2.24, 2.45) is 5.41 Å². The van der Waals surface area contributed by atoms with Crippen LogP contribution in [0.15, 0.2) is 62.2 Å². The molecule has 1 aromatic heterocycles. The average molecular weight is 431 g/mol. The molecule has 1 aliphatic heterocycles. The number of hydrogen-bond acceptors (Lipinski definition) is 5. The van der Waals surface area contributed by atoms with Gasteiger partial charge in [-0.05, 0) is 27.6 Å². The first-order valence-electron chi connectivity index (χ1n) is 8.63. The molecule has 1 aliphatic rings. The standard InChI is InChI=1S/C21H19BrO5/c1-21(2)11-25-20(27-19(21)12-6-4-3-5-7-12)14-9-18(24)26-17-10-16(23)15(22)8-13(14)17/h3-10,19-20,23H,11H2,1-2H3. The molecule has 27 heavy (non-hydrogen) atoms. The van der Waals surface area contributed by atoms with Crippen molar-refractivity contribution in [1.82, 2.24) is 0 Å². The highest BCUT2D eigenvalue weighted by atomic mass is 79.9. The smallest absolute Gasteiger partial charge is 0.336 e. The monoisotopic (exact) mass is 430 g/mol. The van der Waals surface area contributed by atoms with Crippen molar-refractivity contribution in [3.63, 3.8) is 0 Å². The van der Waals surface area contributed by atoms with E-state index in [0.717, 1.165) is 5.56 Å². The van der Waals surface area contributed by atoms with Crippen molar-refractivity contribution in [3.05, 3.63) is 74.6 Å². The number of aromatic hydroxyl groups is 1. The lowest BCUT2D eigenvalue weighted by atomic mass is 9.82. The Hall–Kier alpha value is -2.15. The van der Waals surface area contributed by atoms with E-state index >= 15 is 0 Å². The van der Waals surface area contributed by atoms with E-state index in [1.807, 2.05) is 30.3 Å². The summed E-state index contributed by atoms with van der Waals surface area (Å²) < 4.78 is 18.0. The molecule has 2 unspecified atom stereocenters. The summed E-state index contributed by atoms with van der Waals surface area (Å²) in [6, 6.07) is 14.5. The van der Waals surface area contributed by atoms with Gasteiger partial charge in [0.1, 0.15) is 11.3 Å². The van der Waals surface area contributed by atoms with Crippen molar-refractivity contribution in [2.45, 2.75) is 26.2 Å². The van der Waals surface area contributed by atoms with Crippen molar-refractivity contribution in [1.29, 1.82) is 0 Å². The predicted molar refractivity (Wildman–Crippen MR) is 105 cm³/mol. The molecule has 2 atom stereocenters. The SMILES string of the molecule is CC1(C)COC(c2cc(=O)oc3cc(O)c(Br)cc23)OC1c1ccccc1. The van der Waals surface area contributed by atoms with Gasteiger partial charge in [0.25, 0.3) is 0 Å². The molecule has 0 saturated carbocycles. The summed E-state index contributed by atoms with van der Waals surface area (Å²) in [4.78, 5) is 12.1. The maximum atomic E-state index is 12.1. The van der Waals surface area contributed by atoms with E-state index < -0.39 is 11.9 Å². The highest BCUT2D eigenvalue weighted by Crippen LogP contribution is 2.46. The third-order valence-corrected chi connectivity index (χ3v) is 5.41. The summed E-state index contributed by atoms with van der Waals surface area (Å²) in [5.74, 6) is -0.00317. The normalized spacial score (nSPS) is 22.0. The fourth-order valence-corrected chi connectivity index (χ4v) is 3.77. The van der Waals surface area contributed by atoms with E-state index in [-0.39, 0.29) is 22.9 Å². The molecule has 1 fully saturated rings. The number of ether oxygens (including phenoxy) is 2. The van der Waals surface area contributed by atoms with Crippen molar-refractivity contribution < 1.29 is 19.0 Å². The van der Waals surface area contributed by atoms with E-state index in [1.54, 1.807) is 6.07 Å². The van der Waals surface area contributed by atoms with Crippen LogP contribution in [-0.4, -0.2) is 11.7 Å². The van der Waals surface area contributed by atoms with Crippen LogP contribution < -0.4 is 5.63 Å². The van der Waals surface area contributed by atoms with Crippen LogP contribution in [0.3, 0.4) is 0 Å². The summed E-state index contributed by atoms with van der Waals surface area (Å²) in [6.07, 6.45) is -0.911. The molecule has 140 valence electrons. The molecule has 0 aliphatic carbocycles. The van der Waals surface area contributed by atoms with Gasteiger partial charge < -0.3 is 19.0 Å². The summed E-state index contributed by atoms with van der Waals surface area (Å²) in [5.41, 5.74) is 1.17. The number of phenols is 1. The maximum absolute atomic E-state index is 12.1. The van der Waals surface area contributed by atoms with Crippen molar-refractivity contribution in [3.8, 4) is 5.75 Å². The van der Waals surface area contributed by atoms with E-state index in [2.05, 4.69) is 29.8 Å². The van der Waals surface area contributed by atoms with E-state index in [0.29, 0.717) is 22.0 Å². The highest BCUT2D eigenvalue weighted by molar-refractivity contribution is 9.10. The Labute approximate surface area is 164 Å². The lowest BCUT2D eigenvalue weighted by molar-refractivity contribution is -0.267. The highest BCUT2D eigenvalue weighted by Gasteiger charge is 2.40. The Morgan fingerprint density at radius 2 is 1.89 bits per heavy atom. The molecule has 0 bridgehead atoms. The van der Waals surface area contributed by atoms with Gasteiger partial charge in [0.05, 0.1) is 17.2 Å². The zero-order valence-electron chi connectivity index (χ0n) is 14.9. The van der Waals surface area contributed by atoms with Gasteiger partial charge in [-0.2, -0.15) is 0 Å². The number of halogens is 1. The first-order chi connectivity index (χ1) is 12.8. The predicted octanol–water partition coefficient (Wildman–Crippen LogP) is 5.07. The lowest BCUT2D eigenvalue weighted by Crippen LogP contribution is -2.37. The quantitative estimate of drug-likeness (QED) is 0.574. The van der Waals surface area contributed by atoms with E-state index in [4.69, 9.17) is 13.9 Å². The van der Waals surface area contributed by atoms with Gasteiger partial charge in [-0.25, -0.2) is 4.79 Å². The summed E-state index contributed by atoms with van der Waals surface area (Å²) >= 11 is 3.31. The Morgan fingerprint density at radius 1 is 1.15 bits per heavy atom.